The van der Waals surface area contributed by atoms with Crippen molar-refractivity contribution < 1.29 is 4.74 Å². The molecule has 36 heavy (non-hydrogen) atoms. The summed E-state index contributed by atoms with van der Waals surface area (Å²) in [6.07, 6.45) is 8.62. The van der Waals surface area contributed by atoms with E-state index < -0.39 is 0 Å². The van der Waals surface area contributed by atoms with E-state index in [1.54, 1.807) is 0 Å². The Balaban J connectivity index is 1.20. The molecule has 7 heteroatoms. The molecule has 8 rings (SSSR count). The van der Waals surface area contributed by atoms with Gasteiger partial charge in [0.2, 0.25) is 0 Å². The number of hydrogen-bond donors (Lipinski definition) is 0. The van der Waals surface area contributed by atoms with Gasteiger partial charge in [0.15, 0.2) is 0 Å². The summed E-state index contributed by atoms with van der Waals surface area (Å²) in [5.41, 5.74) is 6.70. The summed E-state index contributed by atoms with van der Waals surface area (Å²) in [5, 5.41) is 5.14. The highest BCUT2D eigenvalue weighted by Crippen LogP contribution is 2.60. The lowest BCUT2D eigenvalue weighted by atomic mass is 9.69. The Morgan fingerprint density at radius 1 is 1.06 bits per heavy atom. The molecule has 3 saturated carbocycles. The quantitative estimate of drug-likeness (QED) is 0.397. The average Bonchev–Trinajstić information content (AvgIpc) is 3.68. The number of ether oxygens (including phenoxy) is 1. The summed E-state index contributed by atoms with van der Waals surface area (Å²) < 4.78 is 10.1. The van der Waals surface area contributed by atoms with E-state index in [0.717, 1.165) is 72.7 Å². The number of pyridine rings is 2. The summed E-state index contributed by atoms with van der Waals surface area (Å²) in [5.74, 6) is 2.14. The van der Waals surface area contributed by atoms with E-state index in [0.29, 0.717) is 18.0 Å². The molecule has 3 aliphatic carbocycles. The molecule has 4 atom stereocenters. The van der Waals surface area contributed by atoms with Gasteiger partial charge >= 0.3 is 0 Å². The van der Waals surface area contributed by atoms with Crippen molar-refractivity contribution in [3.63, 3.8) is 0 Å². The smallest absolute Gasteiger partial charge is 0.0942 e. The van der Waals surface area contributed by atoms with Crippen molar-refractivity contribution in [2.24, 2.45) is 11.8 Å². The third-order valence-electron chi connectivity index (χ3n) is 8.67. The highest BCUT2D eigenvalue weighted by molar-refractivity contribution is 5.80. The SMILES string of the molecule is CC(C)n1nc(-c2cnc3ccn(Cc4ccccn4)c3c2)cc1[C@@H]1C2C[C@H]1C[C@@H]2N1CCOCC1. The number of rotatable bonds is 6. The molecule has 0 amide bonds. The third-order valence-corrected chi connectivity index (χ3v) is 8.67. The number of fused-ring (bicyclic) bond motifs is 2. The maximum Gasteiger partial charge on any atom is 0.0942 e. The summed E-state index contributed by atoms with van der Waals surface area (Å²) in [7, 11) is 0. The highest BCUT2D eigenvalue weighted by atomic mass is 16.5. The van der Waals surface area contributed by atoms with E-state index in [-0.39, 0.29) is 0 Å². The molecule has 0 N–H and O–H groups in total. The van der Waals surface area contributed by atoms with Crippen molar-refractivity contribution >= 4 is 11.0 Å². The van der Waals surface area contributed by atoms with Crippen molar-refractivity contribution in [2.75, 3.05) is 26.3 Å². The Hall–Kier alpha value is -3.03. The predicted octanol–water partition coefficient (Wildman–Crippen LogP) is 4.75. The molecule has 0 aromatic carbocycles. The molecule has 4 fully saturated rings. The van der Waals surface area contributed by atoms with Gasteiger partial charge in [-0.3, -0.25) is 19.5 Å². The maximum absolute atomic E-state index is 5.62. The van der Waals surface area contributed by atoms with Crippen LogP contribution < -0.4 is 0 Å². The minimum absolute atomic E-state index is 0.334. The maximum atomic E-state index is 5.62. The Morgan fingerprint density at radius 3 is 2.75 bits per heavy atom. The van der Waals surface area contributed by atoms with Crippen molar-refractivity contribution in [1.82, 2.24) is 29.2 Å². The van der Waals surface area contributed by atoms with Gasteiger partial charge < -0.3 is 9.30 Å². The van der Waals surface area contributed by atoms with E-state index in [9.17, 15) is 0 Å². The van der Waals surface area contributed by atoms with Gasteiger partial charge in [0.05, 0.1) is 42.2 Å². The van der Waals surface area contributed by atoms with Crippen molar-refractivity contribution in [1.29, 1.82) is 0 Å². The standard InChI is InChI=1S/C29H34N6O/c1-19(2)35-28(29-20-13-23(29)26(14-20)33-9-11-36-12-10-33)16-25(32-35)21-15-27-24(31-17-21)6-8-34(27)18-22-5-3-4-7-30-22/h3-8,15-17,19-20,23,26,29H,9-14,18H2,1-2H3/t20-,23?,26-,29-/m0/s1. The molecule has 0 radical (unpaired) electrons. The number of nitrogens with zero attached hydrogens (tertiary/aromatic N) is 6. The second kappa shape index (κ2) is 8.82. The van der Waals surface area contributed by atoms with Crippen LogP contribution in [0.3, 0.4) is 0 Å². The molecule has 4 aliphatic rings. The van der Waals surface area contributed by atoms with Crippen molar-refractivity contribution in [2.45, 2.75) is 51.2 Å². The summed E-state index contributed by atoms with van der Waals surface area (Å²) in [6, 6.07) is 13.8. The van der Waals surface area contributed by atoms with Gasteiger partial charge in [-0.2, -0.15) is 5.10 Å². The first-order valence-electron chi connectivity index (χ1n) is 13.4. The van der Waals surface area contributed by atoms with Gasteiger partial charge in [0, 0.05) is 60.9 Å². The number of aromatic nitrogens is 5. The first-order valence-corrected chi connectivity index (χ1v) is 13.4. The Morgan fingerprint density at radius 2 is 1.94 bits per heavy atom. The molecule has 1 saturated heterocycles. The topological polar surface area (TPSA) is 61.0 Å². The summed E-state index contributed by atoms with van der Waals surface area (Å²) in [6.45, 7) is 9.15. The van der Waals surface area contributed by atoms with E-state index in [2.05, 4.69) is 63.4 Å². The fourth-order valence-electron chi connectivity index (χ4n) is 6.93. The lowest BCUT2D eigenvalue weighted by Gasteiger charge is -2.40. The van der Waals surface area contributed by atoms with Gasteiger partial charge in [-0.1, -0.05) is 6.07 Å². The summed E-state index contributed by atoms with van der Waals surface area (Å²) in [4.78, 5) is 12.0. The predicted molar refractivity (Wildman–Crippen MR) is 140 cm³/mol. The normalized spacial score (nSPS) is 26.1. The number of hydrogen-bond acceptors (Lipinski definition) is 5. The molecule has 186 valence electrons. The molecule has 4 aromatic heterocycles. The Labute approximate surface area is 212 Å². The first kappa shape index (κ1) is 22.2. The fourth-order valence-corrected chi connectivity index (χ4v) is 6.93. The van der Waals surface area contributed by atoms with Gasteiger partial charge in [0.25, 0.3) is 0 Å². The first-order chi connectivity index (χ1) is 17.7. The van der Waals surface area contributed by atoms with E-state index >= 15 is 0 Å². The molecule has 0 spiro atoms. The van der Waals surface area contributed by atoms with Gasteiger partial charge in [-0.05, 0) is 68.9 Å². The minimum atomic E-state index is 0.334. The third kappa shape index (κ3) is 3.68. The lowest BCUT2D eigenvalue weighted by Crippen LogP contribution is -2.45. The van der Waals surface area contributed by atoms with E-state index in [4.69, 9.17) is 14.8 Å². The summed E-state index contributed by atoms with van der Waals surface area (Å²) >= 11 is 0. The highest BCUT2D eigenvalue weighted by Gasteiger charge is 2.56. The zero-order chi connectivity index (χ0) is 24.2. The molecule has 1 unspecified atom stereocenters. The van der Waals surface area contributed by atoms with Crippen LogP contribution in [0.15, 0.2) is 55.0 Å². The zero-order valence-electron chi connectivity index (χ0n) is 21.1. The molecule has 5 heterocycles. The fraction of sp³-hybridized carbons (Fsp3) is 0.483. The molecular weight excluding hydrogens is 448 g/mol. The molecule has 1 aliphatic heterocycles. The van der Waals surface area contributed by atoms with Crippen LogP contribution in [0.5, 0.6) is 0 Å². The molecule has 7 nitrogen and oxygen atoms in total. The van der Waals surface area contributed by atoms with Crippen LogP contribution in [0.2, 0.25) is 0 Å². The lowest BCUT2D eigenvalue weighted by molar-refractivity contribution is 0.00761. The Bertz CT molecular complexity index is 1370. The average molecular weight is 483 g/mol. The van der Waals surface area contributed by atoms with Gasteiger partial charge in [-0.25, -0.2) is 0 Å². The van der Waals surface area contributed by atoms with Crippen LogP contribution in [0.25, 0.3) is 22.3 Å². The molecule has 4 aromatic rings. The second-order valence-electron chi connectivity index (χ2n) is 11.0. The van der Waals surface area contributed by atoms with E-state index in [1.807, 2.05) is 24.5 Å². The zero-order valence-corrected chi connectivity index (χ0v) is 21.1. The minimum Gasteiger partial charge on any atom is -0.379 e. The van der Waals surface area contributed by atoms with Crippen LogP contribution in [-0.2, 0) is 11.3 Å². The van der Waals surface area contributed by atoms with Gasteiger partial charge in [0.1, 0.15) is 0 Å². The largest absolute Gasteiger partial charge is 0.379 e. The van der Waals surface area contributed by atoms with Crippen LogP contribution >= 0.6 is 0 Å². The van der Waals surface area contributed by atoms with Crippen LogP contribution in [0.1, 0.15) is 50.0 Å². The van der Waals surface area contributed by atoms with Crippen molar-refractivity contribution in [3.8, 4) is 11.3 Å². The molecule has 2 bridgehead atoms. The van der Waals surface area contributed by atoms with Crippen LogP contribution in [-0.4, -0.2) is 61.6 Å². The van der Waals surface area contributed by atoms with Crippen LogP contribution in [0, 0.1) is 11.8 Å². The van der Waals surface area contributed by atoms with Crippen LogP contribution in [0.4, 0.5) is 0 Å². The van der Waals surface area contributed by atoms with Gasteiger partial charge in [-0.15, -0.1) is 0 Å². The Kier molecular flexibility index (Phi) is 5.44. The monoisotopic (exact) mass is 482 g/mol. The second-order valence-corrected chi connectivity index (χ2v) is 11.0. The van der Waals surface area contributed by atoms with Crippen molar-refractivity contribution in [3.05, 3.63) is 66.4 Å². The molecular formula is C29H34N6O. The van der Waals surface area contributed by atoms with E-state index in [1.165, 1.54) is 18.5 Å². The number of morpholine rings is 1.